The van der Waals surface area contributed by atoms with Gasteiger partial charge in [-0.2, -0.15) is 0 Å². The van der Waals surface area contributed by atoms with Gasteiger partial charge in [0.05, 0.1) is 11.0 Å². The SMILES string of the molecule is Cc1nc2ccccc2n1-c1nccn(CC(C)C)c1=O. The zero-order valence-corrected chi connectivity index (χ0v) is 12.4. The van der Waals surface area contributed by atoms with Crippen molar-refractivity contribution >= 4 is 11.0 Å². The summed E-state index contributed by atoms with van der Waals surface area (Å²) in [5.74, 6) is 1.58. The zero-order valence-electron chi connectivity index (χ0n) is 12.4. The van der Waals surface area contributed by atoms with Gasteiger partial charge in [-0.3, -0.25) is 9.36 Å². The summed E-state index contributed by atoms with van der Waals surface area (Å²) < 4.78 is 3.54. The largest absolute Gasteiger partial charge is 0.311 e. The van der Waals surface area contributed by atoms with Gasteiger partial charge in [0.1, 0.15) is 5.82 Å². The van der Waals surface area contributed by atoms with Crippen molar-refractivity contribution in [2.45, 2.75) is 27.3 Å². The van der Waals surface area contributed by atoms with Gasteiger partial charge in [0, 0.05) is 18.9 Å². The standard InChI is InChI=1S/C16H18N4O/c1-11(2)10-19-9-8-17-15(16(19)21)20-12(3)18-13-6-4-5-7-14(13)20/h4-9,11H,10H2,1-3H3. The molecular weight excluding hydrogens is 264 g/mol. The van der Waals surface area contributed by atoms with Crippen LogP contribution in [0.3, 0.4) is 0 Å². The van der Waals surface area contributed by atoms with Crippen molar-refractivity contribution in [2.24, 2.45) is 5.92 Å². The number of hydrogen-bond donors (Lipinski definition) is 0. The number of rotatable bonds is 3. The van der Waals surface area contributed by atoms with E-state index < -0.39 is 0 Å². The van der Waals surface area contributed by atoms with E-state index in [9.17, 15) is 4.79 Å². The second-order valence-corrected chi connectivity index (χ2v) is 5.59. The Morgan fingerprint density at radius 2 is 2.00 bits per heavy atom. The van der Waals surface area contributed by atoms with Crippen molar-refractivity contribution in [1.29, 1.82) is 0 Å². The van der Waals surface area contributed by atoms with Gasteiger partial charge in [0.2, 0.25) is 5.82 Å². The highest BCUT2D eigenvalue weighted by Gasteiger charge is 2.14. The number of aromatic nitrogens is 4. The highest BCUT2D eigenvalue weighted by molar-refractivity contribution is 5.77. The average Bonchev–Trinajstić information content (AvgIpc) is 2.77. The minimum Gasteiger partial charge on any atom is -0.311 e. The van der Waals surface area contributed by atoms with Crippen LogP contribution in [0, 0.1) is 12.8 Å². The maximum absolute atomic E-state index is 12.7. The minimum atomic E-state index is -0.0857. The molecule has 0 aliphatic carbocycles. The monoisotopic (exact) mass is 282 g/mol. The number of aryl methyl sites for hydroxylation is 1. The van der Waals surface area contributed by atoms with E-state index in [-0.39, 0.29) is 5.56 Å². The fourth-order valence-corrected chi connectivity index (χ4v) is 2.54. The van der Waals surface area contributed by atoms with Crippen LogP contribution in [-0.2, 0) is 6.54 Å². The van der Waals surface area contributed by atoms with Gasteiger partial charge in [-0.25, -0.2) is 9.97 Å². The molecule has 0 fully saturated rings. The van der Waals surface area contributed by atoms with Crippen molar-refractivity contribution < 1.29 is 0 Å². The van der Waals surface area contributed by atoms with Crippen LogP contribution in [0.1, 0.15) is 19.7 Å². The number of para-hydroxylation sites is 2. The first-order valence-corrected chi connectivity index (χ1v) is 7.08. The molecule has 0 radical (unpaired) electrons. The molecule has 3 rings (SSSR count). The molecule has 0 amide bonds. The van der Waals surface area contributed by atoms with E-state index in [0.717, 1.165) is 16.9 Å². The van der Waals surface area contributed by atoms with Crippen LogP contribution in [-0.4, -0.2) is 19.1 Å². The molecule has 0 unspecified atom stereocenters. The van der Waals surface area contributed by atoms with E-state index in [1.54, 1.807) is 17.0 Å². The molecule has 0 saturated carbocycles. The molecule has 21 heavy (non-hydrogen) atoms. The Hall–Kier alpha value is -2.43. The Bertz CT molecular complexity index is 845. The average molecular weight is 282 g/mol. The lowest BCUT2D eigenvalue weighted by molar-refractivity contribution is 0.507. The number of nitrogens with zero attached hydrogens (tertiary/aromatic N) is 4. The highest BCUT2D eigenvalue weighted by atomic mass is 16.1. The second-order valence-electron chi connectivity index (χ2n) is 5.59. The third-order valence-corrected chi connectivity index (χ3v) is 3.40. The molecule has 2 heterocycles. The van der Waals surface area contributed by atoms with E-state index in [1.807, 2.05) is 35.8 Å². The molecule has 2 aromatic heterocycles. The Balaban J connectivity index is 2.24. The van der Waals surface area contributed by atoms with Crippen LogP contribution in [0.2, 0.25) is 0 Å². The lowest BCUT2D eigenvalue weighted by Gasteiger charge is -2.11. The summed E-state index contributed by atoms with van der Waals surface area (Å²) in [5.41, 5.74) is 1.69. The summed E-state index contributed by atoms with van der Waals surface area (Å²) in [6, 6.07) is 7.77. The molecule has 5 nitrogen and oxygen atoms in total. The summed E-state index contributed by atoms with van der Waals surface area (Å²) in [6.45, 7) is 6.75. The van der Waals surface area contributed by atoms with E-state index in [4.69, 9.17) is 0 Å². The molecule has 0 spiro atoms. The highest BCUT2D eigenvalue weighted by Crippen LogP contribution is 2.17. The first-order valence-electron chi connectivity index (χ1n) is 7.08. The van der Waals surface area contributed by atoms with Crippen LogP contribution in [0.15, 0.2) is 41.5 Å². The number of benzene rings is 1. The van der Waals surface area contributed by atoms with Crippen LogP contribution in [0.25, 0.3) is 16.9 Å². The quantitative estimate of drug-likeness (QED) is 0.742. The first kappa shape index (κ1) is 13.5. The third kappa shape index (κ3) is 2.35. The van der Waals surface area contributed by atoms with Crippen LogP contribution in [0.5, 0.6) is 0 Å². The van der Waals surface area contributed by atoms with Gasteiger partial charge >= 0.3 is 0 Å². The Labute approximate surface area is 122 Å². The molecule has 0 aliphatic rings. The summed E-state index contributed by atoms with van der Waals surface area (Å²) in [7, 11) is 0. The van der Waals surface area contributed by atoms with E-state index in [0.29, 0.717) is 18.3 Å². The molecular formula is C16H18N4O. The number of hydrogen-bond acceptors (Lipinski definition) is 3. The molecule has 0 atom stereocenters. The Morgan fingerprint density at radius 3 is 2.76 bits per heavy atom. The second kappa shape index (κ2) is 5.16. The molecule has 0 N–H and O–H groups in total. The van der Waals surface area contributed by atoms with Gasteiger partial charge in [0.25, 0.3) is 5.56 Å². The number of imidazole rings is 1. The molecule has 108 valence electrons. The summed E-state index contributed by atoms with van der Waals surface area (Å²) in [5, 5.41) is 0. The molecule has 3 aromatic rings. The smallest absolute Gasteiger partial charge is 0.294 e. The zero-order chi connectivity index (χ0) is 15.0. The van der Waals surface area contributed by atoms with Gasteiger partial charge < -0.3 is 4.57 Å². The normalized spacial score (nSPS) is 11.4. The predicted octanol–water partition coefficient (Wildman–Crippen LogP) is 2.55. The molecule has 0 saturated heterocycles. The van der Waals surface area contributed by atoms with Gasteiger partial charge in [-0.15, -0.1) is 0 Å². The maximum atomic E-state index is 12.7. The van der Waals surface area contributed by atoms with Crippen molar-refractivity contribution in [3.05, 3.63) is 52.8 Å². The first-order chi connectivity index (χ1) is 10.1. The van der Waals surface area contributed by atoms with Crippen molar-refractivity contribution in [3.8, 4) is 5.82 Å². The summed E-state index contributed by atoms with van der Waals surface area (Å²) >= 11 is 0. The third-order valence-electron chi connectivity index (χ3n) is 3.40. The van der Waals surface area contributed by atoms with Crippen molar-refractivity contribution in [3.63, 3.8) is 0 Å². The number of fused-ring (bicyclic) bond motifs is 1. The van der Waals surface area contributed by atoms with E-state index in [1.165, 1.54) is 0 Å². The van der Waals surface area contributed by atoms with Gasteiger partial charge in [-0.1, -0.05) is 26.0 Å². The maximum Gasteiger partial charge on any atom is 0.294 e. The Kier molecular flexibility index (Phi) is 3.33. The molecule has 0 bridgehead atoms. The van der Waals surface area contributed by atoms with Crippen LogP contribution in [0.4, 0.5) is 0 Å². The van der Waals surface area contributed by atoms with Gasteiger partial charge in [0.15, 0.2) is 0 Å². The fourth-order valence-electron chi connectivity index (χ4n) is 2.54. The molecule has 0 aliphatic heterocycles. The van der Waals surface area contributed by atoms with E-state index >= 15 is 0 Å². The van der Waals surface area contributed by atoms with Crippen molar-refractivity contribution in [1.82, 2.24) is 19.1 Å². The van der Waals surface area contributed by atoms with Crippen molar-refractivity contribution in [2.75, 3.05) is 0 Å². The summed E-state index contributed by atoms with van der Waals surface area (Å²) in [4.78, 5) is 21.4. The van der Waals surface area contributed by atoms with Crippen LogP contribution >= 0.6 is 0 Å². The van der Waals surface area contributed by atoms with Gasteiger partial charge in [-0.05, 0) is 25.0 Å². The minimum absolute atomic E-state index is 0.0857. The Morgan fingerprint density at radius 1 is 1.24 bits per heavy atom. The summed E-state index contributed by atoms with van der Waals surface area (Å²) in [6.07, 6.45) is 3.41. The van der Waals surface area contributed by atoms with E-state index in [2.05, 4.69) is 23.8 Å². The molecule has 5 heteroatoms. The lowest BCUT2D eigenvalue weighted by Crippen LogP contribution is -2.27. The lowest BCUT2D eigenvalue weighted by atomic mass is 10.2. The topological polar surface area (TPSA) is 52.7 Å². The molecule has 1 aromatic carbocycles. The van der Waals surface area contributed by atoms with Crippen LogP contribution < -0.4 is 5.56 Å². The predicted molar refractivity (Wildman–Crippen MR) is 82.7 cm³/mol. The fraction of sp³-hybridized carbons (Fsp3) is 0.312.